The summed E-state index contributed by atoms with van der Waals surface area (Å²) in [4.78, 5) is 22.7. The molecule has 1 aliphatic heterocycles. The molecule has 2 atom stereocenters. The van der Waals surface area contributed by atoms with E-state index in [4.69, 9.17) is 9.26 Å². The maximum atomic E-state index is 12.2. The number of hydrogen-bond acceptors (Lipinski definition) is 8. The van der Waals surface area contributed by atoms with Gasteiger partial charge < -0.3 is 24.8 Å². The summed E-state index contributed by atoms with van der Waals surface area (Å²) in [6.45, 7) is 7.00. The first-order chi connectivity index (χ1) is 13.4. The lowest BCUT2D eigenvalue weighted by molar-refractivity contribution is -0.115. The predicted octanol–water partition coefficient (Wildman–Crippen LogP) is 2.46. The molecule has 3 rings (SSSR count). The number of hydrogen-bond donors (Lipinski definition) is 2. The van der Waals surface area contributed by atoms with Gasteiger partial charge in [0.1, 0.15) is 11.6 Å². The second-order valence-corrected chi connectivity index (χ2v) is 7.44. The molecule has 0 radical (unpaired) electrons. The number of aryl methyl sites for hydroxylation is 1. The maximum Gasteiger partial charge on any atom is 0.245 e. The number of nitrogens with zero attached hydrogens (tertiary/aromatic N) is 4. The van der Waals surface area contributed by atoms with Crippen LogP contribution in [0.3, 0.4) is 0 Å². The highest BCUT2D eigenvalue weighted by Gasteiger charge is 2.28. The summed E-state index contributed by atoms with van der Waals surface area (Å²) >= 11 is 0. The van der Waals surface area contributed by atoms with Crippen molar-refractivity contribution in [2.24, 2.45) is 5.92 Å². The van der Waals surface area contributed by atoms with Gasteiger partial charge in [-0.1, -0.05) is 19.0 Å². The van der Waals surface area contributed by atoms with Gasteiger partial charge in [-0.25, -0.2) is 4.98 Å². The van der Waals surface area contributed by atoms with E-state index in [1.54, 1.807) is 31.1 Å². The van der Waals surface area contributed by atoms with Gasteiger partial charge in [0.05, 0.1) is 18.7 Å². The molecule has 9 nitrogen and oxygen atoms in total. The monoisotopic (exact) mass is 388 g/mol. The standard InChI is InChI=1S/C19H28N6O3/c1-12(2)18-14(6-5-9-27-18)21-15-7-8-20-19(23-15)25(4)11-17(26)22-16-10-13(3)28-24-16/h7-8,10,12,14,18H,5-6,9,11H2,1-4H3,(H,20,21,23)(H,22,24,26)/t14-,18-/m0/s1. The minimum atomic E-state index is -0.224. The highest BCUT2D eigenvalue weighted by atomic mass is 16.5. The maximum absolute atomic E-state index is 12.2. The molecule has 28 heavy (non-hydrogen) atoms. The molecule has 1 fully saturated rings. The Bertz CT molecular complexity index is 793. The largest absolute Gasteiger partial charge is 0.376 e. The second-order valence-electron chi connectivity index (χ2n) is 7.44. The number of nitrogens with one attached hydrogen (secondary N) is 2. The smallest absolute Gasteiger partial charge is 0.245 e. The molecule has 3 heterocycles. The Morgan fingerprint density at radius 2 is 2.21 bits per heavy atom. The van der Waals surface area contributed by atoms with Crippen molar-refractivity contribution in [1.29, 1.82) is 0 Å². The summed E-state index contributed by atoms with van der Waals surface area (Å²) in [5, 5.41) is 9.92. The normalized spacial score (nSPS) is 19.5. The fourth-order valence-corrected chi connectivity index (χ4v) is 3.31. The third-order valence-corrected chi connectivity index (χ3v) is 4.62. The van der Waals surface area contributed by atoms with Gasteiger partial charge in [0, 0.05) is 25.9 Å². The van der Waals surface area contributed by atoms with E-state index in [0.29, 0.717) is 23.4 Å². The van der Waals surface area contributed by atoms with E-state index in [0.717, 1.165) is 25.3 Å². The number of carbonyl (C=O) groups excluding carboxylic acids is 1. The van der Waals surface area contributed by atoms with E-state index in [1.165, 1.54) is 0 Å². The van der Waals surface area contributed by atoms with Gasteiger partial charge >= 0.3 is 0 Å². The molecule has 0 spiro atoms. The molecule has 0 aliphatic carbocycles. The van der Waals surface area contributed by atoms with Crippen molar-refractivity contribution >= 4 is 23.5 Å². The number of aromatic nitrogens is 3. The van der Waals surface area contributed by atoms with Gasteiger partial charge in [-0.3, -0.25) is 4.79 Å². The van der Waals surface area contributed by atoms with Crippen molar-refractivity contribution in [3.05, 3.63) is 24.1 Å². The van der Waals surface area contributed by atoms with Crippen LogP contribution in [0.15, 0.2) is 22.9 Å². The molecule has 1 aliphatic rings. The van der Waals surface area contributed by atoms with E-state index < -0.39 is 0 Å². The lowest BCUT2D eigenvalue weighted by Crippen LogP contribution is -2.43. The van der Waals surface area contributed by atoms with Crippen molar-refractivity contribution in [2.75, 3.05) is 35.7 Å². The number of rotatable bonds is 7. The average Bonchev–Trinajstić information content (AvgIpc) is 3.06. The number of amides is 1. The Hall–Kier alpha value is -2.68. The molecular weight excluding hydrogens is 360 g/mol. The van der Waals surface area contributed by atoms with Crippen molar-refractivity contribution in [1.82, 2.24) is 15.1 Å². The van der Waals surface area contributed by atoms with Crippen LogP contribution in [0.4, 0.5) is 17.6 Å². The molecule has 0 aromatic carbocycles. The van der Waals surface area contributed by atoms with Crippen LogP contribution in [0.25, 0.3) is 0 Å². The summed E-state index contributed by atoms with van der Waals surface area (Å²) in [7, 11) is 1.77. The number of likely N-dealkylation sites (N-methyl/N-ethyl adjacent to an activating group) is 1. The molecule has 1 saturated heterocycles. The SMILES string of the molecule is Cc1cc(NC(=O)CN(C)c2nccc(N[C@H]3CCCO[C@H]3C(C)C)n2)no1. The van der Waals surface area contributed by atoms with Crippen LogP contribution >= 0.6 is 0 Å². The molecule has 152 valence electrons. The van der Waals surface area contributed by atoms with Crippen LogP contribution in [0.1, 0.15) is 32.4 Å². The second kappa shape index (κ2) is 9.01. The third-order valence-electron chi connectivity index (χ3n) is 4.62. The van der Waals surface area contributed by atoms with Crippen molar-refractivity contribution in [2.45, 2.75) is 45.8 Å². The van der Waals surface area contributed by atoms with Crippen LogP contribution in [0, 0.1) is 12.8 Å². The first-order valence-corrected chi connectivity index (χ1v) is 9.58. The third kappa shape index (κ3) is 5.19. The summed E-state index contributed by atoms with van der Waals surface area (Å²) in [6, 6.07) is 3.71. The van der Waals surface area contributed by atoms with Gasteiger partial charge in [0.2, 0.25) is 11.9 Å². The Morgan fingerprint density at radius 1 is 1.39 bits per heavy atom. The summed E-state index contributed by atoms with van der Waals surface area (Å²) in [5.41, 5.74) is 0. The Balaban J connectivity index is 1.60. The number of anilines is 3. The van der Waals surface area contributed by atoms with Crippen molar-refractivity contribution in [3.63, 3.8) is 0 Å². The molecule has 2 aromatic rings. The summed E-state index contributed by atoms with van der Waals surface area (Å²) < 4.78 is 10.9. The Labute approximate surface area is 164 Å². The highest BCUT2D eigenvalue weighted by molar-refractivity contribution is 5.92. The topological polar surface area (TPSA) is 105 Å². The van der Waals surface area contributed by atoms with Crippen LogP contribution in [-0.2, 0) is 9.53 Å². The summed E-state index contributed by atoms with van der Waals surface area (Å²) in [6.07, 6.45) is 3.91. The number of ether oxygens (including phenoxy) is 1. The van der Waals surface area contributed by atoms with E-state index in [-0.39, 0.29) is 24.6 Å². The molecule has 0 bridgehead atoms. The lowest BCUT2D eigenvalue weighted by atomic mass is 9.94. The van der Waals surface area contributed by atoms with E-state index in [9.17, 15) is 4.79 Å². The zero-order valence-corrected chi connectivity index (χ0v) is 16.8. The fourth-order valence-electron chi connectivity index (χ4n) is 3.31. The van der Waals surface area contributed by atoms with Gasteiger partial charge in [-0.05, 0) is 31.7 Å². The zero-order chi connectivity index (χ0) is 20.1. The quantitative estimate of drug-likeness (QED) is 0.745. The van der Waals surface area contributed by atoms with Crippen LogP contribution < -0.4 is 15.5 Å². The Kier molecular flexibility index (Phi) is 6.45. The van der Waals surface area contributed by atoms with Gasteiger partial charge in [-0.2, -0.15) is 4.98 Å². The van der Waals surface area contributed by atoms with E-state index in [2.05, 4.69) is 39.6 Å². The van der Waals surface area contributed by atoms with E-state index in [1.807, 2.05) is 6.07 Å². The minimum Gasteiger partial charge on any atom is -0.376 e. The van der Waals surface area contributed by atoms with Gasteiger partial charge in [0.15, 0.2) is 5.82 Å². The molecule has 0 unspecified atom stereocenters. The number of carbonyl (C=O) groups is 1. The predicted molar refractivity (Wildman–Crippen MR) is 106 cm³/mol. The minimum absolute atomic E-state index is 0.0938. The van der Waals surface area contributed by atoms with Crippen LogP contribution in [0.2, 0.25) is 0 Å². The van der Waals surface area contributed by atoms with Crippen LogP contribution in [-0.4, -0.2) is 53.4 Å². The zero-order valence-electron chi connectivity index (χ0n) is 16.8. The molecule has 9 heteroatoms. The lowest BCUT2D eigenvalue weighted by Gasteiger charge is -2.35. The fraction of sp³-hybridized carbons (Fsp3) is 0.579. The average molecular weight is 388 g/mol. The van der Waals surface area contributed by atoms with Crippen LogP contribution in [0.5, 0.6) is 0 Å². The first-order valence-electron chi connectivity index (χ1n) is 9.58. The molecule has 2 aromatic heterocycles. The van der Waals surface area contributed by atoms with Crippen molar-refractivity contribution < 1.29 is 14.1 Å². The van der Waals surface area contributed by atoms with Crippen molar-refractivity contribution in [3.8, 4) is 0 Å². The highest BCUT2D eigenvalue weighted by Crippen LogP contribution is 2.23. The molecular formula is C19H28N6O3. The Morgan fingerprint density at radius 3 is 2.93 bits per heavy atom. The van der Waals surface area contributed by atoms with E-state index >= 15 is 0 Å². The summed E-state index contributed by atoms with van der Waals surface area (Å²) in [5.74, 6) is 2.42. The van der Waals surface area contributed by atoms with Gasteiger partial charge in [-0.15, -0.1) is 0 Å². The molecule has 1 amide bonds. The molecule has 0 saturated carbocycles. The van der Waals surface area contributed by atoms with Gasteiger partial charge in [0.25, 0.3) is 0 Å². The first kappa shape index (κ1) is 20.1. The molecule has 2 N–H and O–H groups in total.